The molecule has 0 radical (unpaired) electrons. The zero-order chi connectivity index (χ0) is 10.6. The highest BCUT2D eigenvalue weighted by molar-refractivity contribution is 7.98. The lowest BCUT2D eigenvalue weighted by molar-refractivity contribution is 0.734. The third-order valence-corrected chi connectivity index (χ3v) is 2.63. The second-order valence-corrected chi connectivity index (χ2v) is 4.20. The summed E-state index contributed by atoms with van der Waals surface area (Å²) in [4.78, 5) is 11.9. The van der Waals surface area contributed by atoms with Gasteiger partial charge in [0.1, 0.15) is 4.99 Å². The summed E-state index contributed by atoms with van der Waals surface area (Å²) in [5.41, 5.74) is 5.74. The van der Waals surface area contributed by atoms with Crippen molar-refractivity contribution in [2.24, 2.45) is 5.73 Å². The Morgan fingerprint density at radius 3 is 3.00 bits per heavy atom. The van der Waals surface area contributed by atoms with E-state index in [4.69, 9.17) is 18.0 Å². The molecule has 14 heavy (non-hydrogen) atoms. The highest BCUT2D eigenvalue weighted by Gasteiger charge is 2.04. The highest BCUT2D eigenvalue weighted by atomic mass is 32.2. The number of nitrogens with zero attached hydrogens (tertiary/aromatic N) is 1. The van der Waals surface area contributed by atoms with E-state index in [2.05, 4.69) is 0 Å². The van der Waals surface area contributed by atoms with Gasteiger partial charge in [0.15, 0.2) is 0 Å². The van der Waals surface area contributed by atoms with E-state index in [1.165, 1.54) is 0 Å². The molecule has 0 aliphatic carbocycles. The SMILES string of the molecule is CSCCn1cccc(C(N)=S)c1=O. The second kappa shape index (κ2) is 5.17. The van der Waals surface area contributed by atoms with Gasteiger partial charge in [0.05, 0.1) is 5.56 Å². The summed E-state index contributed by atoms with van der Waals surface area (Å²) >= 11 is 6.48. The van der Waals surface area contributed by atoms with Crippen molar-refractivity contribution in [2.45, 2.75) is 6.54 Å². The molecule has 0 fully saturated rings. The molecule has 1 heterocycles. The maximum absolute atomic E-state index is 11.7. The van der Waals surface area contributed by atoms with Crippen LogP contribution in [0.15, 0.2) is 23.1 Å². The van der Waals surface area contributed by atoms with Crippen LogP contribution in [-0.2, 0) is 6.54 Å². The van der Waals surface area contributed by atoms with Gasteiger partial charge in [0, 0.05) is 18.5 Å². The predicted molar refractivity (Wildman–Crippen MR) is 65.0 cm³/mol. The van der Waals surface area contributed by atoms with Gasteiger partial charge in [0.2, 0.25) is 0 Å². The fraction of sp³-hybridized carbons (Fsp3) is 0.333. The van der Waals surface area contributed by atoms with Gasteiger partial charge >= 0.3 is 0 Å². The standard InChI is InChI=1S/C9H12N2OS2/c1-14-6-5-11-4-2-3-7(8(10)13)9(11)12/h2-4H,5-6H2,1H3,(H2,10,13). The molecule has 5 heteroatoms. The lowest BCUT2D eigenvalue weighted by Gasteiger charge is -2.05. The summed E-state index contributed by atoms with van der Waals surface area (Å²) < 4.78 is 1.63. The molecular weight excluding hydrogens is 216 g/mol. The van der Waals surface area contributed by atoms with E-state index in [0.29, 0.717) is 12.1 Å². The monoisotopic (exact) mass is 228 g/mol. The van der Waals surface area contributed by atoms with Crippen LogP contribution in [0.4, 0.5) is 0 Å². The van der Waals surface area contributed by atoms with E-state index >= 15 is 0 Å². The van der Waals surface area contributed by atoms with Crippen LogP contribution in [0.2, 0.25) is 0 Å². The van der Waals surface area contributed by atoms with Crippen molar-refractivity contribution in [1.29, 1.82) is 0 Å². The summed E-state index contributed by atoms with van der Waals surface area (Å²) in [5, 5.41) is 0. The fourth-order valence-corrected chi connectivity index (χ4v) is 1.62. The van der Waals surface area contributed by atoms with Crippen molar-refractivity contribution in [1.82, 2.24) is 4.57 Å². The first-order valence-corrected chi connectivity index (χ1v) is 5.95. The van der Waals surface area contributed by atoms with Crippen LogP contribution in [0.5, 0.6) is 0 Å². The predicted octanol–water partition coefficient (Wildman–Crippen LogP) is 0.845. The Bertz CT molecular complexity index is 387. The van der Waals surface area contributed by atoms with Gasteiger partial charge in [-0.3, -0.25) is 4.79 Å². The van der Waals surface area contributed by atoms with Crippen LogP contribution in [0.25, 0.3) is 0 Å². The number of thioether (sulfide) groups is 1. The molecular formula is C9H12N2OS2. The van der Waals surface area contributed by atoms with Gasteiger partial charge in [-0.1, -0.05) is 12.2 Å². The lowest BCUT2D eigenvalue weighted by atomic mass is 10.3. The zero-order valence-corrected chi connectivity index (χ0v) is 9.53. The molecule has 76 valence electrons. The van der Waals surface area contributed by atoms with Crippen LogP contribution < -0.4 is 11.3 Å². The van der Waals surface area contributed by atoms with Crippen LogP contribution >= 0.6 is 24.0 Å². The Morgan fingerprint density at radius 1 is 1.71 bits per heavy atom. The van der Waals surface area contributed by atoms with Crippen molar-refractivity contribution < 1.29 is 0 Å². The minimum atomic E-state index is -0.103. The zero-order valence-electron chi connectivity index (χ0n) is 7.90. The molecule has 0 aliphatic rings. The molecule has 0 saturated carbocycles. The lowest BCUT2D eigenvalue weighted by Crippen LogP contribution is -2.28. The van der Waals surface area contributed by atoms with Gasteiger partial charge in [-0.2, -0.15) is 11.8 Å². The molecule has 1 rings (SSSR count). The molecule has 1 aromatic rings. The van der Waals surface area contributed by atoms with Gasteiger partial charge < -0.3 is 10.3 Å². The van der Waals surface area contributed by atoms with Crippen LogP contribution in [0.1, 0.15) is 5.56 Å². The van der Waals surface area contributed by atoms with E-state index in [1.54, 1.807) is 34.7 Å². The van der Waals surface area contributed by atoms with Crippen molar-refractivity contribution in [2.75, 3.05) is 12.0 Å². The van der Waals surface area contributed by atoms with Gasteiger partial charge in [-0.15, -0.1) is 0 Å². The first kappa shape index (κ1) is 11.3. The number of hydrogen-bond acceptors (Lipinski definition) is 3. The molecule has 3 nitrogen and oxygen atoms in total. The van der Waals surface area contributed by atoms with Crippen molar-refractivity contribution in [3.8, 4) is 0 Å². The summed E-state index contributed by atoms with van der Waals surface area (Å²) in [6, 6.07) is 3.44. The number of aromatic nitrogens is 1. The molecule has 0 bridgehead atoms. The Hall–Kier alpha value is -0.810. The van der Waals surface area contributed by atoms with Crippen molar-refractivity contribution in [3.05, 3.63) is 34.2 Å². The van der Waals surface area contributed by atoms with E-state index in [-0.39, 0.29) is 10.5 Å². The molecule has 0 aromatic carbocycles. The fourth-order valence-electron chi connectivity index (χ4n) is 1.09. The maximum Gasteiger partial charge on any atom is 0.260 e. The number of hydrogen-bond donors (Lipinski definition) is 1. The Kier molecular flexibility index (Phi) is 4.16. The van der Waals surface area contributed by atoms with E-state index in [1.807, 2.05) is 6.26 Å². The number of nitrogens with two attached hydrogens (primary N) is 1. The van der Waals surface area contributed by atoms with Crippen molar-refractivity contribution >= 4 is 29.0 Å². The minimum absolute atomic E-state index is 0.103. The second-order valence-electron chi connectivity index (χ2n) is 2.78. The van der Waals surface area contributed by atoms with Crippen LogP contribution in [-0.4, -0.2) is 21.6 Å². The number of aryl methyl sites for hydroxylation is 1. The molecule has 0 unspecified atom stereocenters. The molecule has 0 saturated heterocycles. The Morgan fingerprint density at radius 2 is 2.43 bits per heavy atom. The van der Waals surface area contributed by atoms with Gasteiger partial charge in [-0.25, -0.2) is 0 Å². The topological polar surface area (TPSA) is 48.0 Å². The average molecular weight is 228 g/mol. The molecule has 0 atom stereocenters. The normalized spacial score (nSPS) is 10.1. The molecule has 1 aromatic heterocycles. The molecule has 0 aliphatic heterocycles. The first-order chi connectivity index (χ1) is 6.66. The largest absolute Gasteiger partial charge is 0.389 e. The first-order valence-electron chi connectivity index (χ1n) is 4.15. The molecule has 2 N–H and O–H groups in total. The highest BCUT2D eigenvalue weighted by Crippen LogP contribution is 1.96. The minimum Gasteiger partial charge on any atom is -0.389 e. The van der Waals surface area contributed by atoms with Crippen molar-refractivity contribution in [3.63, 3.8) is 0 Å². The Balaban J connectivity index is 3.02. The summed E-state index contributed by atoms with van der Waals surface area (Å²) in [6.07, 6.45) is 3.75. The van der Waals surface area contributed by atoms with E-state index in [0.717, 1.165) is 5.75 Å². The number of rotatable bonds is 4. The maximum atomic E-state index is 11.7. The smallest absolute Gasteiger partial charge is 0.260 e. The third kappa shape index (κ3) is 2.59. The summed E-state index contributed by atoms with van der Waals surface area (Å²) in [6.45, 7) is 0.691. The summed E-state index contributed by atoms with van der Waals surface area (Å²) in [7, 11) is 0. The quantitative estimate of drug-likeness (QED) is 0.776. The third-order valence-electron chi connectivity index (χ3n) is 1.82. The number of pyridine rings is 1. The summed E-state index contributed by atoms with van der Waals surface area (Å²) in [5.74, 6) is 0.903. The van der Waals surface area contributed by atoms with Crippen LogP contribution in [0, 0.1) is 0 Å². The molecule has 0 spiro atoms. The van der Waals surface area contributed by atoms with Crippen LogP contribution in [0.3, 0.4) is 0 Å². The average Bonchev–Trinajstić information content (AvgIpc) is 2.16. The van der Waals surface area contributed by atoms with Gasteiger partial charge in [0.25, 0.3) is 5.56 Å². The molecule has 0 amide bonds. The Labute approximate surface area is 92.3 Å². The number of thiocarbonyl (C=S) groups is 1. The van der Waals surface area contributed by atoms with Gasteiger partial charge in [-0.05, 0) is 18.4 Å². The van der Waals surface area contributed by atoms with E-state index in [9.17, 15) is 4.79 Å². The van der Waals surface area contributed by atoms with E-state index < -0.39 is 0 Å².